The van der Waals surface area contributed by atoms with Gasteiger partial charge in [0.05, 0.1) is 16.7 Å². The summed E-state index contributed by atoms with van der Waals surface area (Å²) in [5, 5.41) is 3.58. The minimum atomic E-state index is -1.19. The molecule has 2 heterocycles. The maximum absolute atomic E-state index is 13.1. The van der Waals surface area contributed by atoms with E-state index in [1.165, 1.54) is 0 Å². The number of imidazole rings is 1. The third-order valence-electron chi connectivity index (χ3n) is 6.35. The highest BCUT2D eigenvalue weighted by Crippen LogP contribution is 2.31. The summed E-state index contributed by atoms with van der Waals surface area (Å²) >= 11 is 0. The number of fused-ring (bicyclic) bond motifs is 1. The standard InChI is InChI=1S/C25H43N5O4Si/c1-19-10-11-20-22(26(5)23(31)30(20)18-33-16-17-35(7,8)9)21(19)28-12-14-29(15-13-28)27(6)24(32)34-25(2,3)4/h10-11H,12-18H2,1-9H3. The number of rotatable bonds is 7. The highest BCUT2D eigenvalue weighted by molar-refractivity contribution is 6.76. The van der Waals surface area contributed by atoms with Gasteiger partial charge in [0.2, 0.25) is 0 Å². The molecule has 0 atom stereocenters. The normalized spacial score (nSPS) is 15.6. The Morgan fingerprint density at radius 2 is 1.74 bits per heavy atom. The van der Waals surface area contributed by atoms with Gasteiger partial charge in [-0.05, 0) is 45.4 Å². The fourth-order valence-electron chi connectivity index (χ4n) is 4.32. The van der Waals surface area contributed by atoms with Crippen molar-refractivity contribution in [3.63, 3.8) is 0 Å². The molecule has 1 amide bonds. The number of carbonyl (C=O) groups excluding carboxylic acids is 1. The van der Waals surface area contributed by atoms with Crippen LogP contribution < -0.4 is 10.6 Å². The number of hydrazine groups is 1. The molecule has 1 aliphatic heterocycles. The second kappa shape index (κ2) is 10.4. The number of benzene rings is 1. The van der Waals surface area contributed by atoms with Crippen LogP contribution in [0, 0.1) is 6.92 Å². The smallest absolute Gasteiger partial charge is 0.424 e. The summed E-state index contributed by atoms with van der Waals surface area (Å²) in [6.07, 6.45) is -0.349. The Morgan fingerprint density at radius 1 is 1.11 bits per heavy atom. The number of hydrogen-bond acceptors (Lipinski definition) is 6. The summed E-state index contributed by atoms with van der Waals surface area (Å²) in [4.78, 5) is 27.9. The first-order valence-electron chi connectivity index (χ1n) is 12.4. The van der Waals surface area contributed by atoms with Gasteiger partial charge in [-0.15, -0.1) is 0 Å². The minimum Gasteiger partial charge on any atom is -0.443 e. The topological polar surface area (TPSA) is 72.2 Å². The van der Waals surface area contributed by atoms with Crippen LogP contribution in [0.25, 0.3) is 11.0 Å². The first-order valence-corrected chi connectivity index (χ1v) is 16.1. The number of hydrogen-bond donors (Lipinski definition) is 0. The van der Waals surface area contributed by atoms with Crippen LogP contribution in [0.4, 0.5) is 10.5 Å². The van der Waals surface area contributed by atoms with Crippen molar-refractivity contribution in [2.24, 2.45) is 7.05 Å². The number of ether oxygens (including phenoxy) is 2. The molecule has 0 aliphatic carbocycles. The lowest BCUT2D eigenvalue weighted by molar-refractivity contribution is -0.0396. The van der Waals surface area contributed by atoms with E-state index in [0.717, 1.165) is 41.4 Å². The highest BCUT2D eigenvalue weighted by atomic mass is 28.3. The van der Waals surface area contributed by atoms with E-state index in [0.29, 0.717) is 19.7 Å². The summed E-state index contributed by atoms with van der Waals surface area (Å²) < 4.78 is 14.9. The molecule has 0 spiro atoms. The molecule has 0 N–H and O–H groups in total. The van der Waals surface area contributed by atoms with Gasteiger partial charge in [0.15, 0.2) is 0 Å². The molecule has 35 heavy (non-hydrogen) atoms. The first-order chi connectivity index (χ1) is 16.2. The zero-order valence-corrected chi connectivity index (χ0v) is 24.0. The lowest BCUT2D eigenvalue weighted by Crippen LogP contribution is -2.55. The van der Waals surface area contributed by atoms with Crippen LogP contribution >= 0.6 is 0 Å². The molecule has 1 saturated heterocycles. The first kappa shape index (κ1) is 27.3. The molecule has 0 radical (unpaired) electrons. The second-order valence-electron chi connectivity index (χ2n) is 11.7. The number of nitrogens with zero attached hydrogens (tertiary/aromatic N) is 5. The molecule has 1 aromatic carbocycles. The van der Waals surface area contributed by atoms with Crippen molar-refractivity contribution in [3.05, 3.63) is 28.2 Å². The third kappa shape index (κ3) is 6.48. The van der Waals surface area contributed by atoms with Gasteiger partial charge >= 0.3 is 11.8 Å². The Labute approximate surface area is 210 Å². The highest BCUT2D eigenvalue weighted by Gasteiger charge is 2.29. The average Bonchev–Trinajstić information content (AvgIpc) is 2.99. The number of amides is 1. The van der Waals surface area contributed by atoms with Crippen molar-refractivity contribution < 1.29 is 14.3 Å². The number of aromatic nitrogens is 2. The van der Waals surface area contributed by atoms with Crippen molar-refractivity contribution in [1.82, 2.24) is 19.2 Å². The average molecular weight is 506 g/mol. The predicted octanol–water partition coefficient (Wildman–Crippen LogP) is 3.86. The Morgan fingerprint density at radius 3 is 2.31 bits per heavy atom. The van der Waals surface area contributed by atoms with E-state index in [1.54, 1.807) is 21.2 Å². The molecule has 2 aromatic rings. The van der Waals surface area contributed by atoms with Crippen LogP contribution in [0.1, 0.15) is 26.3 Å². The number of piperazine rings is 1. The summed E-state index contributed by atoms with van der Waals surface area (Å²) in [5.41, 5.74) is 3.41. The molecule has 196 valence electrons. The van der Waals surface area contributed by atoms with E-state index >= 15 is 0 Å². The molecule has 0 unspecified atom stereocenters. The summed E-state index contributed by atoms with van der Waals surface area (Å²) in [5.74, 6) is 0. The van der Waals surface area contributed by atoms with Gasteiger partial charge in [-0.3, -0.25) is 9.13 Å². The molecule has 1 fully saturated rings. The van der Waals surface area contributed by atoms with Crippen LogP contribution in [-0.4, -0.2) is 78.8 Å². The van der Waals surface area contributed by atoms with Gasteiger partial charge < -0.3 is 14.4 Å². The minimum absolute atomic E-state index is 0.0665. The van der Waals surface area contributed by atoms with E-state index in [4.69, 9.17) is 9.47 Å². The zero-order valence-electron chi connectivity index (χ0n) is 23.0. The molecule has 0 saturated carbocycles. The summed E-state index contributed by atoms with van der Waals surface area (Å²) in [6.45, 7) is 18.4. The molecule has 9 nitrogen and oxygen atoms in total. The molecule has 3 rings (SSSR count). The number of aryl methyl sites for hydroxylation is 2. The Bertz CT molecular complexity index is 1100. The van der Waals surface area contributed by atoms with Gasteiger partial charge in [0, 0.05) is 55.0 Å². The van der Waals surface area contributed by atoms with Crippen LogP contribution in [0.3, 0.4) is 0 Å². The van der Waals surface area contributed by atoms with Crippen LogP contribution in [0.15, 0.2) is 16.9 Å². The summed E-state index contributed by atoms with van der Waals surface area (Å²) in [6, 6.07) is 5.16. The van der Waals surface area contributed by atoms with Crippen molar-refractivity contribution in [2.45, 2.75) is 65.7 Å². The summed E-state index contributed by atoms with van der Waals surface area (Å²) in [7, 11) is 2.39. The molecular weight excluding hydrogens is 462 g/mol. The molecule has 10 heteroatoms. The van der Waals surface area contributed by atoms with E-state index in [2.05, 4.69) is 37.5 Å². The van der Waals surface area contributed by atoms with Gasteiger partial charge in [-0.2, -0.15) is 0 Å². The van der Waals surface area contributed by atoms with Crippen LogP contribution in [-0.2, 0) is 23.3 Å². The fourth-order valence-corrected chi connectivity index (χ4v) is 5.08. The maximum atomic E-state index is 13.1. The monoisotopic (exact) mass is 505 g/mol. The SMILES string of the molecule is Cc1ccc2c(c1N1CCN(N(C)C(=O)OC(C)(C)C)CC1)n(C)c(=O)n2COCC[Si](C)(C)C. The predicted molar refractivity (Wildman–Crippen MR) is 144 cm³/mol. The van der Waals surface area contributed by atoms with E-state index < -0.39 is 13.7 Å². The van der Waals surface area contributed by atoms with Crippen molar-refractivity contribution in [2.75, 3.05) is 44.7 Å². The van der Waals surface area contributed by atoms with Gasteiger partial charge in [0.25, 0.3) is 0 Å². The lowest BCUT2D eigenvalue weighted by atomic mass is 10.1. The van der Waals surface area contributed by atoms with E-state index in [-0.39, 0.29) is 18.5 Å². The molecule has 0 bridgehead atoms. The Hall–Kier alpha value is -2.30. The van der Waals surface area contributed by atoms with Gasteiger partial charge in [0.1, 0.15) is 12.3 Å². The molecule has 1 aromatic heterocycles. The Kier molecular flexibility index (Phi) is 8.08. The second-order valence-corrected chi connectivity index (χ2v) is 17.3. The van der Waals surface area contributed by atoms with Gasteiger partial charge in [-0.1, -0.05) is 25.7 Å². The van der Waals surface area contributed by atoms with Gasteiger partial charge in [-0.25, -0.2) is 19.6 Å². The lowest BCUT2D eigenvalue weighted by Gasteiger charge is -2.41. The fraction of sp³-hybridized carbons (Fsp3) is 0.680. The molecule has 1 aliphatic rings. The molecular formula is C25H43N5O4Si. The Balaban J connectivity index is 1.78. The largest absolute Gasteiger partial charge is 0.443 e. The quantitative estimate of drug-likeness (QED) is 0.420. The zero-order chi connectivity index (χ0) is 26.1. The third-order valence-corrected chi connectivity index (χ3v) is 8.05. The van der Waals surface area contributed by atoms with E-state index in [1.807, 2.05) is 38.9 Å². The maximum Gasteiger partial charge on any atom is 0.424 e. The number of anilines is 1. The van der Waals surface area contributed by atoms with Crippen molar-refractivity contribution >= 4 is 30.9 Å². The van der Waals surface area contributed by atoms with Crippen LogP contribution in [0.2, 0.25) is 25.7 Å². The number of carbonyl (C=O) groups is 1. The van der Waals surface area contributed by atoms with Crippen LogP contribution in [0.5, 0.6) is 0 Å². The van der Waals surface area contributed by atoms with E-state index in [9.17, 15) is 9.59 Å². The van der Waals surface area contributed by atoms with Crippen molar-refractivity contribution in [1.29, 1.82) is 0 Å². The van der Waals surface area contributed by atoms with Crippen molar-refractivity contribution in [3.8, 4) is 0 Å².